The zero-order chi connectivity index (χ0) is 32.8. The van der Waals surface area contributed by atoms with Crippen molar-refractivity contribution < 1.29 is 4.42 Å². The molecule has 0 atom stereocenters. The Morgan fingerprint density at radius 3 is 1.68 bits per heavy atom. The van der Waals surface area contributed by atoms with Gasteiger partial charge >= 0.3 is 0 Å². The SMILES string of the molecule is c1ccc(-n2c3ccccc3c3cc(-c4c5ccccc5c(-c5cc6ccccc6c6oc7ccccc7c56)c5ccccc45)ccc32)cc1. The van der Waals surface area contributed by atoms with Gasteiger partial charge in [-0.3, -0.25) is 0 Å². The molecule has 2 aromatic heterocycles. The number of benzene rings is 9. The predicted octanol–water partition coefficient (Wildman–Crippen LogP) is 13.5. The zero-order valence-corrected chi connectivity index (χ0v) is 27.1. The monoisotopic (exact) mass is 635 g/mol. The molecule has 0 aliphatic carbocycles. The standard InChI is InChI=1S/C48H29NO/c1-2-15-32(16-3-1)49-42-24-12-10-18-34(42)40-29-31(26-27-43(40)49)45-35-19-6-8-21-37(35)46(38-22-9-7-20-36(38)45)41-28-30-14-4-5-17-33(30)48-47(41)39-23-11-13-25-44(39)50-48/h1-29H. The average molecular weight is 636 g/mol. The number of hydrogen-bond acceptors (Lipinski definition) is 1. The summed E-state index contributed by atoms with van der Waals surface area (Å²) in [6, 6.07) is 63.7. The van der Waals surface area contributed by atoms with Crippen molar-refractivity contribution in [1.82, 2.24) is 4.57 Å². The smallest absolute Gasteiger partial charge is 0.143 e. The second-order valence-corrected chi connectivity index (χ2v) is 13.2. The molecule has 2 nitrogen and oxygen atoms in total. The van der Waals surface area contributed by atoms with Crippen LogP contribution in [0.5, 0.6) is 0 Å². The fourth-order valence-corrected chi connectivity index (χ4v) is 8.47. The van der Waals surface area contributed by atoms with Gasteiger partial charge in [0.25, 0.3) is 0 Å². The van der Waals surface area contributed by atoms with Gasteiger partial charge < -0.3 is 8.98 Å². The summed E-state index contributed by atoms with van der Waals surface area (Å²) in [5, 5.41) is 12.1. The molecule has 11 rings (SSSR count). The largest absolute Gasteiger partial charge is 0.455 e. The van der Waals surface area contributed by atoms with Crippen LogP contribution in [-0.4, -0.2) is 4.57 Å². The summed E-state index contributed by atoms with van der Waals surface area (Å²) in [6.45, 7) is 0. The Labute approximate surface area is 288 Å². The summed E-state index contributed by atoms with van der Waals surface area (Å²) in [7, 11) is 0. The predicted molar refractivity (Wildman–Crippen MR) is 211 cm³/mol. The highest BCUT2D eigenvalue weighted by atomic mass is 16.3. The lowest BCUT2D eigenvalue weighted by atomic mass is 9.84. The van der Waals surface area contributed by atoms with Gasteiger partial charge in [0, 0.05) is 32.6 Å². The molecule has 0 fully saturated rings. The Balaban J connectivity index is 1.26. The van der Waals surface area contributed by atoms with E-state index in [1.54, 1.807) is 0 Å². The number of rotatable bonds is 3. The van der Waals surface area contributed by atoms with Gasteiger partial charge in [-0.05, 0) is 91.6 Å². The number of hydrogen-bond donors (Lipinski definition) is 0. The van der Waals surface area contributed by atoms with Crippen LogP contribution in [0.4, 0.5) is 0 Å². The van der Waals surface area contributed by atoms with E-state index in [2.05, 4.69) is 180 Å². The van der Waals surface area contributed by atoms with Crippen molar-refractivity contribution in [2.75, 3.05) is 0 Å². The number of para-hydroxylation sites is 3. The highest BCUT2D eigenvalue weighted by Gasteiger charge is 2.22. The lowest BCUT2D eigenvalue weighted by Crippen LogP contribution is -1.93. The van der Waals surface area contributed by atoms with E-state index >= 15 is 0 Å². The molecule has 2 heteroatoms. The van der Waals surface area contributed by atoms with E-state index in [0.29, 0.717) is 0 Å². The molecule has 11 aromatic rings. The molecule has 0 radical (unpaired) electrons. The number of fused-ring (bicyclic) bond motifs is 10. The summed E-state index contributed by atoms with van der Waals surface area (Å²) in [4.78, 5) is 0. The molecule has 0 saturated carbocycles. The van der Waals surface area contributed by atoms with Crippen LogP contribution in [-0.2, 0) is 0 Å². The van der Waals surface area contributed by atoms with Gasteiger partial charge in [-0.25, -0.2) is 0 Å². The number of nitrogens with zero attached hydrogens (tertiary/aromatic N) is 1. The molecule has 0 bridgehead atoms. The van der Waals surface area contributed by atoms with E-state index in [0.717, 1.165) is 27.3 Å². The van der Waals surface area contributed by atoms with Crippen molar-refractivity contribution in [2.45, 2.75) is 0 Å². The minimum absolute atomic E-state index is 0.910. The van der Waals surface area contributed by atoms with Gasteiger partial charge in [0.05, 0.1) is 11.0 Å². The average Bonchev–Trinajstić information content (AvgIpc) is 3.73. The Kier molecular flexibility index (Phi) is 5.70. The van der Waals surface area contributed by atoms with Gasteiger partial charge in [-0.15, -0.1) is 0 Å². The first kappa shape index (κ1) is 27.3. The summed E-state index contributed by atoms with van der Waals surface area (Å²) >= 11 is 0. The fraction of sp³-hybridized carbons (Fsp3) is 0. The van der Waals surface area contributed by atoms with Gasteiger partial charge in [0.2, 0.25) is 0 Å². The first-order chi connectivity index (χ1) is 24.8. The number of furan rings is 1. The van der Waals surface area contributed by atoms with Gasteiger partial charge in [-0.2, -0.15) is 0 Å². The van der Waals surface area contributed by atoms with Crippen LogP contribution in [0.3, 0.4) is 0 Å². The van der Waals surface area contributed by atoms with Crippen molar-refractivity contribution in [3.05, 3.63) is 176 Å². The molecule has 0 aliphatic rings. The Morgan fingerprint density at radius 1 is 0.380 bits per heavy atom. The Morgan fingerprint density at radius 2 is 0.940 bits per heavy atom. The highest BCUT2D eigenvalue weighted by Crippen LogP contribution is 2.49. The Bertz CT molecular complexity index is 3090. The maximum absolute atomic E-state index is 6.65. The highest BCUT2D eigenvalue weighted by molar-refractivity contribution is 6.29. The lowest BCUT2D eigenvalue weighted by molar-refractivity contribution is 0.673. The van der Waals surface area contributed by atoms with Crippen LogP contribution in [0, 0.1) is 0 Å². The van der Waals surface area contributed by atoms with Crippen LogP contribution in [0.25, 0.3) is 104 Å². The van der Waals surface area contributed by atoms with Crippen LogP contribution in [0.2, 0.25) is 0 Å². The maximum atomic E-state index is 6.65. The number of aromatic nitrogens is 1. The first-order valence-electron chi connectivity index (χ1n) is 17.2. The van der Waals surface area contributed by atoms with Crippen LogP contribution < -0.4 is 0 Å². The van der Waals surface area contributed by atoms with Crippen molar-refractivity contribution in [1.29, 1.82) is 0 Å². The van der Waals surface area contributed by atoms with Crippen LogP contribution in [0.1, 0.15) is 0 Å². The van der Waals surface area contributed by atoms with Crippen molar-refractivity contribution in [3.63, 3.8) is 0 Å². The van der Waals surface area contributed by atoms with E-state index in [1.807, 2.05) is 0 Å². The minimum Gasteiger partial charge on any atom is -0.455 e. The van der Waals surface area contributed by atoms with Gasteiger partial charge in [0.1, 0.15) is 11.2 Å². The summed E-state index contributed by atoms with van der Waals surface area (Å²) < 4.78 is 9.04. The minimum atomic E-state index is 0.910. The zero-order valence-electron chi connectivity index (χ0n) is 27.1. The summed E-state index contributed by atoms with van der Waals surface area (Å²) in [5.74, 6) is 0. The molecule has 0 spiro atoms. The molecule has 0 saturated heterocycles. The second-order valence-electron chi connectivity index (χ2n) is 13.2. The molecule has 50 heavy (non-hydrogen) atoms. The molecule has 0 amide bonds. The van der Waals surface area contributed by atoms with E-state index in [4.69, 9.17) is 4.42 Å². The van der Waals surface area contributed by atoms with Crippen LogP contribution in [0.15, 0.2) is 180 Å². The normalized spacial score (nSPS) is 12.0. The Hall–Kier alpha value is -6.64. The van der Waals surface area contributed by atoms with Gasteiger partial charge in [-0.1, -0.05) is 133 Å². The molecule has 9 aromatic carbocycles. The first-order valence-corrected chi connectivity index (χ1v) is 17.2. The van der Waals surface area contributed by atoms with Crippen molar-refractivity contribution in [2.24, 2.45) is 0 Å². The topological polar surface area (TPSA) is 18.1 Å². The molecule has 0 N–H and O–H groups in total. The molecule has 2 heterocycles. The third-order valence-corrected chi connectivity index (χ3v) is 10.5. The lowest BCUT2D eigenvalue weighted by Gasteiger charge is -2.19. The molecule has 0 aliphatic heterocycles. The van der Waals surface area contributed by atoms with E-state index in [-0.39, 0.29) is 0 Å². The molecular formula is C48H29NO. The van der Waals surface area contributed by atoms with E-state index < -0.39 is 0 Å². The fourth-order valence-electron chi connectivity index (χ4n) is 8.47. The molecular weight excluding hydrogens is 607 g/mol. The van der Waals surface area contributed by atoms with Gasteiger partial charge in [0.15, 0.2) is 0 Å². The quantitative estimate of drug-likeness (QED) is 0.177. The van der Waals surface area contributed by atoms with E-state index in [1.165, 1.54) is 76.7 Å². The van der Waals surface area contributed by atoms with Crippen molar-refractivity contribution >= 4 is 76.1 Å². The summed E-state index contributed by atoms with van der Waals surface area (Å²) in [5.41, 5.74) is 10.3. The third kappa shape index (κ3) is 3.79. The maximum Gasteiger partial charge on any atom is 0.143 e. The summed E-state index contributed by atoms with van der Waals surface area (Å²) in [6.07, 6.45) is 0. The van der Waals surface area contributed by atoms with E-state index in [9.17, 15) is 0 Å². The second kappa shape index (κ2) is 10.4. The third-order valence-electron chi connectivity index (χ3n) is 10.5. The molecule has 232 valence electrons. The van der Waals surface area contributed by atoms with Crippen molar-refractivity contribution in [3.8, 4) is 27.9 Å². The molecule has 0 unspecified atom stereocenters. The van der Waals surface area contributed by atoms with Crippen LogP contribution >= 0.6 is 0 Å².